The predicted molar refractivity (Wildman–Crippen MR) is 101 cm³/mol. The van der Waals surface area contributed by atoms with E-state index < -0.39 is 0 Å². The van der Waals surface area contributed by atoms with Gasteiger partial charge >= 0.3 is 0 Å². The molecule has 0 amide bonds. The van der Waals surface area contributed by atoms with E-state index in [1.54, 1.807) is 0 Å². The Morgan fingerprint density at radius 1 is 1.00 bits per heavy atom. The lowest BCUT2D eigenvalue weighted by Crippen LogP contribution is -2.36. The number of rotatable bonds is 3. The summed E-state index contributed by atoms with van der Waals surface area (Å²) in [4.78, 5) is 0. The Morgan fingerprint density at radius 2 is 1.79 bits per heavy atom. The summed E-state index contributed by atoms with van der Waals surface area (Å²) in [5.41, 5.74) is 2.41. The van der Waals surface area contributed by atoms with Crippen molar-refractivity contribution in [3.05, 3.63) is 47.5 Å². The second-order valence-corrected chi connectivity index (χ2v) is 8.79. The van der Waals surface area contributed by atoms with Gasteiger partial charge in [0.15, 0.2) is 0 Å². The maximum absolute atomic E-state index is 6.73. The van der Waals surface area contributed by atoms with Gasteiger partial charge in [-0.15, -0.1) is 0 Å². The molecule has 2 aromatic carbocycles. The SMILES string of the molecule is Cc1cccc2ccc(C(C)(C)OC3CC4CC3C(C)C4C)cc12. The first-order valence-electron chi connectivity index (χ1n) is 9.54. The number of benzene rings is 2. The summed E-state index contributed by atoms with van der Waals surface area (Å²) < 4.78 is 6.73. The molecule has 5 unspecified atom stereocenters. The molecule has 2 aliphatic rings. The number of aryl methyl sites for hydroxylation is 1. The monoisotopic (exact) mass is 322 g/mol. The van der Waals surface area contributed by atoms with Gasteiger partial charge in [-0.2, -0.15) is 0 Å². The number of ether oxygens (including phenoxy) is 1. The molecule has 0 radical (unpaired) electrons. The van der Waals surface area contributed by atoms with Crippen molar-refractivity contribution < 1.29 is 4.74 Å². The third-order valence-electron chi connectivity index (χ3n) is 7.08. The third-order valence-corrected chi connectivity index (χ3v) is 7.08. The minimum atomic E-state index is -0.228. The van der Waals surface area contributed by atoms with Gasteiger partial charge in [-0.05, 0) is 85.3 Å². The number of hydrogen-bond donors (Lipinski definition) is 0. The van der Waals surface area contributed by atoms with Gasteiger partial charge in [0, 0.05) is 0 Å². The van der Waals surface area contributed by atoms with Crippen LogP contribution in [0.5, 0.6) is 0 Å². The summed E-state index contributed by atoms with van der Waals surface area (Å²) in [6.45, 7) is 11.5. The molecule has 128 valence electrons. The van der Waals surface area contributed by atoms with Crippen molar-refractivity contribution in [2.75, 3.05) is 0 Å². The van der Waals surface area contributed by atoms with Crippen LogP contribution in [-0.4, -0.2) is 6.10 Å². The van der Waals surface area contributed by atoms with E-state index >= 15 is 0 Å². The second kappa shape index (κ2) is 5.59. The van der Waals surface area contributed by atoms with Crippen LogP contribution in [0.2, 0.25) is 0 Å². The lowest BCUT2D eigenvalue weighted by Gasteiger charge is -2.37. The van der Waals surface area contributed by atoms with Crippen LogP contribution in [0, 0.1) is 30.6 Å². The molecule has 0 saturated heterocycles. The largest absolute Gasteiger partial charge is 0.367 e. The molecule has 4 rings (SSSR count). The molecule has 2 aromatic rings. The Kier molecular flexibility index (Phi) is 3.76. The summed E-state index contributed by atoms with van der Waals surface area (Å²) in [7, 11) is 0. The van der Waals surface area contributed by atoms with Crippen LogP contribution < -0.4 is 0 Å². The van der Waals surface area contributed by atoms with E-state index in [-0.39, 0.29) is 5.60 Å². The Balaban J connectivity index is 1.60. The maximum atomic E-state index is 6.73. The van der Waals surface area contributed by atoms with Gasteiger partial charge in [-0.3, -0.25) is 0 Å². The van der Waals surface area contributed by atoms with Crippen molar-refractivity contribution in [3.8, 4) is 0 Å². The third kappa shape index (κ3) is 2.49. The van der Waals surface area contributed by atoms with Gasteiger partial charge < -0.3 is 4.74 Å². The van der Waals surface area contributed by atoms with Crippen molar-refractivity contribution in [2.45, 2.75) is 59.2 Å². The molecule has 2 fully saturated rings. The average molecular weight is 322 g/mol. The molecule has 2 aliphatic carbocycles. The van der Waals surface area contributed by atoms with Crippen molar-refractivity contribution in [1.29, 1.82) is 0 Å². The highest BCUT2D eigenvalue weighted by Gasteiger charge is 2.50. The van der Waals surface area contributed by atoms with Gasteiger partial charge in [0.2, 0.25) is 0 Å². The minimum absolute atomic E-state index is 0.228. The van der Waals surface area contributed by atoms with Crippen LogP contribution in [-0.2, 0) is 10.3 Å². The summed E-state index contributed by atoms with van der Waals surface area (Å²) in [6, 6.07) is 13.4. The lowest BCUT2D eigenvalue weighted by atomic mass is 9.80. The number of fused-ring (bicyclic) bond motifs is 3. The Labute approximate surface area is 146 Å². The average Bonchev–Trinajstić information content (AvgIpc) is 3.07. The smallest absolute Gasteiger partial charge is 0.0879 e. The zero-order valence-corrected chi connectivity index (χ0v) is 15.7. The number of hydrogen-bond acceptors (Lipinski definition) is 1. The van der Waals surface area contributed by atoms with Crippen LogP contribution in [0.25, 0.3) is 10.8 Å². The zero-order valence-electron chi connectivity index (χ0n) is 15.7. The molecular formula is C23H30O. The van der Waals surface area contributed by atoms with Gasteiger partial charge in [-0.25, -0.2) is 0 Å². The molecule has 1 heteroatoms. The fourth-order valence-electron chi connectivity index (χ4n) is 5.26. The molecule has 24 heavy (non-hydrogen) atoms. The van der Waals surface area contributed by atoms with Crippen LogP contribution in [0.4, 0.5) is 0 Å². The van der Waals surface area contributed by atoms with Gasteiger partial charge in [-0.1, -0.05) is 44.2 Å². The van der Waals surface area contributed by atoms with Gasteiger partial charge in [0.1, 0.15) is 0 Å². The Bertz CT molecular complexity index is 758. The Hall–Kier alpha value is -1.34. The summed E-state index contributed by atoms with van der Waals surface area (Å²) in [6.07, 6.45) is 3.07. The van der Waals surface area contributed by atoms with E-state index in [2.05, 4.69) is 71.0 Å². The lowest BCUT2D eigenvalue weighted by molar-refractivity contribution is -0.109. The molecular weight excluding hydrogens is 292 g/mol. The normalized spacial score (nSPS) is 32.6. The minimum Gasteiger partial charge on any atom is -0.367 e. The topological polar surface area (TPSA) is 9.23 Å². The molecule has 2 bridgehead atoms. The molecule has 1 nitrogen and oxygen atoms in total. The van der Waals surface area contributed by atoms with Crippen LogP contribution in [0.15, 0.2) is 36.4 Å². The fourth-order valence-corrected chi connectivity index (χ4v) is 5.26. The summed E-state index contributed by atoms with van der Waals surface area (Å²) in [5, 5.41) is 2.67. The van der Waals surface area contributed by atoms with E-state index in [1.165, 1.54) is 34.7 Å². The van der Waals surface area contributed by atoms with E-state index in [0.717, 1.165) is 23.7 Å². The van der Waals surface area contributed by atoms with E-state index in [4.69, 9.17) is 4.74 Å². The van der Waals surface area contributed by atoms with Crippen molar-refractivity contribution in [2.24, 2.45) is 23.7 Å². The molecule has 2 saturated carbocycles. The summed E-state index contributed by atoms with van der Waals surface area (Å²) >= 11 is 0. The second-order valence-electron chi connectivity index (χ2n) is 8.79. The quantitative estimate of drug-likeness (QED) is 0.665. The Morgan fingerprint density at radius 3 is 2.50 bits per heavy atom. The highest BCUT2D eigenvalue weighted by atomic mass is 16.5. The highest BCUT2D eigenvalue weighted by Crippen LogP contribution is 2.54. The van der Waals surface area contributed by atoms with Crippen LogP contribution >= 0.6 is 0 Å². The molecule has 0 N–H and O–H groups in total. The van der Waals surface area contributed by atoms with Gasteiger partial charge in [0.25, 0.3) is 0 Å². The zero-order chi connectivity index (χ0) is 17.1. The predicted octanol–water partition coefficient (Wildman–Crippen LogP) is 6.08. The van der Waals surface area contributed by atoms with E-state index in [1.807, 2.05) is 0 Å². The molecule has 5 atom stereocenters. The first kappa shape index (κ1) is 16.1. The van der Waals surface area contributed by atoms with Gasteiger partial charge in [0.05, 0.1) is 11.7 Å². The highest BCUT2D eigenvalue weighted by molar-refractivity contribution is 5.86. The van der Waals surface area contributed by atoms with Crippen molar-refractivity contribution in [1.82, 2.24) is 0 Å². The molecule has 0 aromatic heterocycles. The molecule has 0 spiro atoms. The first-order valence-corrected chi connectivity index (χ1v) is 9.54. The molecule has 0 heterocycles. The van der Waals surface area contributed by atoms with E-state index in [0.29, 0.717) is 6.10 Å². The standard InChI is InChI=1S/C23H30O/c1-14-7-6-8-17-9-10-19(13-20(14)17)23(4,5)24-22-12-18-11-21(22)16(3)15(18)2/h6-10,13,15-16,18,21-22H,11-12H2,1-5H3. The molecule has 0 aliphatic heterocycles. The van der Waals surface area contributed by atoms with Crippen molar-refractivity contribution in [3.63, 3.8) is 0 Å². The van der Waals surface area contributed by atoms with Crippen LogP contribution in [0.3, 0.4) is 0 Å². The van der Waals surface area contributed by atoms with Crippen molar-refractivity contribution >= 4 is 10.8 Å². The maximum Gasteiger partial charge on any atom is 0.0879 e. The first-order chi connectivity index (χ1) is 11.4. The fraction of sp³-hybridized carbons (Fsp3) is 0.565. The summed E-state index contributed by atoms with van der Waals surface area (Å²) in [5.74, 6) is 3.32. The van der Waals surface area contributed by atoms with Crippen LogP contribution in [0.1, 0.15) is 51.7 Å². The van der Waals surface area contributed by atoms with E-state index in [9.17, 15) is 0 Å².